The molecule has 0 aliphatic rings. The highest BCUT2D eigenvalue weighted by Crippen LogP contribution is 2.37. The van der Waals surface area contributed by atoms with E-state index in [9.17, 15) is 4.79 Å². The van der Waals surface area contributed by atoms with Crippen LogP contribution in [0, 0.1) is 0 Å². The maximum atomic E-state index is 12.5. The second kappa shape index (κ2) is 6.49. The van der Waals surface area contributed by atoms with Gasteiger partial charge in [-0.2, -0.15) is 11.3 Å². The molecule has 4 rings (SSSR count). The van der Waals surface area contributed by atoms with E-state index in [0.717, 1.165) is 33.2 Å². The molecule has 0 unspecified atom stereocenters. The summed E-state index contributed by atoms with van der Waals surface area (Å²) < 4.78 is 5.02. The van der Waals surface area contributed by atoms with Crippen molar-refractivity contribution in [2.75, 3.05) is 7.11 Å². The normalized spacial score (nSPS) is 10.8. The number of thiophene rings is 1. The van der Waals surface area contributed by atoms with E-state index in [1.165, 1.54) is 7.11 Å². The van der Waals surface area contributed by atoms with Gasteiger partial charge in [-0.05, 0) is 22.4 Å². The lowest BCUT2D eigenvalue weighted by atomic mass is 9.94. The Morgan fingerprint density at radius 1 is 0.920 bits per heavy atom. The van der Waals surface area contributed by atoms with E-state index in [2.05, 4.69) is 0 Å². The summed E-state index contributed by atoms with van der Waals surface area (Å²) in [4.78, 5) is 17.2. The Balaban J connectivity index is 2.14. The van der Waals surface area contributed by atoms with Crippen LogP contribution >= 0.6 is 11.3 Å². The first-order chi connectivity index (χ1) is 12.3. The van der Waals surface area contributed by atoms with Crippen molar-refractivity contribution >= 4 is 28.1 Å². The number of ether oxygens (including phenoxy) is 1. The third-order valence-corrected chi connectivity index (χ3v) is 4.83. The van der Waals surface area contributed by atoms with E-state index in [1.807, 2.05) is 71.4 Å². The second-order valence-electron chi connectivity index (χ2n) is 5.60. The van der Waals surface area contributed by atoms with Gasteiger partial charge in [-0.1, -0.05) is 54.6 Å². The highest BCUT2D eigenvalue weighted by Gasteiger charge is 2.21. The highest BCUT2D eigenvalue weighted by atomic mass is 32.1. The molecule has 2 aromatic carbocycles. The summed E-state index contributed by atoms with van der Waals surface area (Å²) in [5, 5.41) is 6.06. The zero-order valence-corrected chi connectivity index (χ0v) is 14.4. The van der Waals surface area contributed by atoms with Crippen molar-refractivity contribution in [2.45, 2.75) is 0 Å². The van der Waals surface area contributed by atoms with Crippen molar-refractivity contribution < 1.29 is 9.53 Å². The molecule has 0 spiro atoms. The number of aromatic nitrogens is 1. The summed E-state index contributed by atoms with van der Waals surface area (Å²) in [6.45, 7) is 0. The first-order valence-corrected chi connectivity index (χ1v) is 8.83. The van der Waals surface area contributed by atoms with Crippen molar-refractivity contribution in [3.63, 3.8) is 0 Å². The molecule has 122 valence electrons. The summed E-state index contributed by atoms with van der Waals surface area (Å²) >= 11 is 1.61. The summed E-state index contributed by atoms with van der Waals surface area (Å²) in [6, 6.07) is 19.9. The van der Waals surface area contributed by atoms with Crippen molar-refractivity contribution in [3.05, 3.63) is 77.1 Å². The van der Waals surface area contributed by atoms with Crippen LogP contribution in [0.4, 0.5) is 0 Å². The van der Waals surface area contributed by atoms with Crippen LogP contribution in [0.2, 0.25) is 0 Å². The summed E-state index contributed by atoms with van der Waals surface area (Å²) in [5.41, 5.74) is 3.90. The van der Waals surface area contributed by atoms with E-state index in [0.29, 0.717) is 5.69 Å². The van der Waals surface area contributed by atoms with Crippen LogP contribution in [0.15, 0.2) is 71.4 Å². The first kappa shape index (κ1) is 15.5. The molecule has 0 bridgehead atoms. The largest absolute Gasteiger partial charge is 0.464 e. The lowest BCUT2D eigenvalue weighted by molar-refractivity contribution is 0.0595. The van der Waals surface area contributed by atoms with E-state index < -0.39 is 5.97 Å². The number of nitrogens with zero attached hydrogens (tertiary/aromatic N) is 1. The smallest absolute Gasteiger partial charge is 0.357 e. The molecular formula is C21H15NO2S. The van der Waals surface area contributed by atoms with Gasteiger partial charge in [0.2, 0.25) is 0 Å². The standard InChI is InChI=1S/C21H15NO2S/c1-24-21(23)20-18(14-7-3-2-4-8-14)16-9-5-6-10-17(16)19(22-20)15-11-12-25-13-15/h2-13H,1H3. The quantitative estimate of drug-likeness (QED) is 0.466. The predicted octanol–water partition coefficient (Wildman–Crippen LogP) is 5.42. The van der Waals surface area contributed by atoms with Crippen LogP contribution < -0.4 is 0 Å². The monoisotopic (exact) mass is 345 g/mol. The van der Waals surface area contributed by atoms with Crippen molar-refractivity contribution in [3.8, 4) is 22.4 Å². The number of pyridine rings is 1. The van der Waals surface area contributed by atoms with E-state index in [4.69, 9.17) is 9.72 Å². The van der Waals surface area contributed by atoms with Gasteiger partial charge < -0.3 is 4.74 Å². The number of carbonyl (C=O) groups excluding carboxylic acids is 1. The van der Waals surface area contributed by atoms with Gasteiger partial charge in [0.15, 0.2) is 5.69 Å². The average Bonchev–Trinajstić information content (AvgIpc) is 3.21. The molecule has 4 aromatic rings. The van der Waals surface area contributed by atoms with Crippen LogP contribution in [0.25, 0.3) is 33.2 Å². The van der Waals surface area contributed by atoms with Crippen LogP contribution in [0.3, 0.4) is 0 Å². The van der Waals surface area contributed by atoms with Gasteiger partial charge in [0.1, 0.15) is 0 Å². The van der Waals surface area contributed by atoms with Gasteiger partial charge in [0, 0.05) is 21.9 Å². The Kier molecular flexibility index (Phi) is 4.04. The Morgan fingerprint density at radius 2 is 1.64 bits per heavy atom. The summed E-state index contributed by atoms with van der Waals surface area (Å²) in [6.07, 6.45) is 0. The first-order valence-electron chi connectivity index (χ1n) is 7.88. The Bertz CT molecular complexity index is 1040. The molecule has 3 nitrogen and oxygen atoms in total. The molecule has 0 aliphatic heterocycles. The van der Waals surface area contributed by atoms with Crippen molar-refractivity contribution in [2.24, 2.45) is 0 Å². The summed E-state index contributed by atoms with van der Waals surface area (Å²) in [7, 11) is 1.39. The van der Waals surface area contributed by atoms with Gasteiger partial charge in [-0.3, -0.25) is 0 Å². The van der Waals surface area contributed by atoms with Crippen LogP contribution in [-0.4, -0.2) is 18.1 Å². The number of carbonyl (C=O) groups is 1. The van der Waals surface area contributed by atoms with Gasteiger partial charge >= 0.3 is 5.97 Å². The van der Waals surface area contributed by atoms with Crippen LogP contribution in [0.5, 0.6) is 0 Å². The molecule has 0 N–H and O–H groups in total. The van der Waals surface area contributed by atoms with Gasteiger partial charge in [0.25, 0.3) is 0 Å². The molecule has 2 heterocycles. The minimum absolute atomic E-state index is 0.341. The van der Waals surface area contributed by atoms with E-state index >= 15 is 0 Å². The minimum Gasteiger partial charge on any atom is -0.464 e. The van der Waals surface area contributed by atoms with E-state index in [1.54, 1.807) is 11.3 Å². The molecular weight excluding hydrogens is 330 g/mol. The SMILES string of the molecule is COC(=O)c1nc(-c2ccsc2)c2ccccc2c1-c1ccccc1. The van der Waals surface area contributed by atoms with Crippen molar-refractivity contribution in [1.29, 1.82) is 0 Å². The zero-order valence-electron chi connectivity index (χ0n) is 13.6. The predicted molar refractivity (Wildman–Crippen MR) is 102 cm³/mol. The molecule has 4 heteroatoms. The third kappa shape index (κ3) is 2.71. The second-order valence-corrected chi connectivity index (χ2v) is 6.38. The fourth-order valence-corrected chi connectivity index (χ4v) is 3.66. The maximum absolute atomic E-state index is 12.5. The molecule has 0 saturated carbocycles. The van der Waals surface area contributed by atoms with Crippen LogP contribution in [-0.2, 0) is 4.74 Å². The summed E-state index contributed by atoms with van der Waals surface area (Å²) in [5.74, 6) is -0.430. The molecule has 25 heavy (non-hydrogen) atoms. The third-order valence-electron chi connectivity index (χ3n) is 4.15. The molecule has 0 radical (unpaired) electrons. The van der Waals surface area contributed by atoms with Crippen molar-refractivity contribution in [1.82, 2.24) is 4.98 Å². The zero-order chi connectivity index (χ0) is 17.2. The Labute approximate surface area is 149 Å². The Hall–Kier alpha value is -2.98. The number of hydrogen-bond donors (Lipinski definition) is 0. The number of fused-ring (bicyclic) bond motifs is 1. The Morgan fingerprint density at radius 3 is 2.32 bits per heavy atom. The van der Waals surface area contributed by atoms with Gasteiger partial charge in [-0.15, -0.1) is 0 Å². The number of methoxy groups -OCH3 is 1. The lowest BCUT2D eigenvalue weighted by Crippen LogP contribution is -2.08. The van der Waals surface area contributed by atoms with Gasteiger partial charge in [0.05, 0.1) is 12.8 Å². The van der Waals surface area contributed by atoms with E-state index in [-0.39, 0.29) is 0 Å². The molecule has 2 aromatic heterocycles. The average molecular weight is 345 g/mol. The minimum atomic E-state index is -0.430. The topological polar surface area (TPSA) is 39.2 Å². The molecule has 0 atom stereocenters. The highest BCUT2D eigenvalue weighted by molar-refractivity contribution is 7.08. The molecule has 0 amide bonds. The molecule has 0 saturated heterocycles. The number of esters is 1. The molecule has 0 aliphatic carbocycles. The fourth-order valence-electron chi connectivity index (χ4n) is 3.02. The number of hydrogen-bond acceptors (Lipinski definition) is 4. The lowest BCUT2D eigenvalue weighted by Gasteiger charge is -2.14. The fraction of sp³-hybridized carbons (Fsp3) is 0.0476. The number of benzene rings is 2. The number of rotatable bonds is 3. The van der Waals surface area contributed by atoms with Crippen LogP contribution in [0.1, 0.15) is 10.5 Å². The maximum Gasteiger partial charge on any atom is 0.357 e. The molecule has 0 fully saturated rings. The van der Waals surface area contributed by atoms with Gasteiger partial charge in [-0.25, -0.2) is 9.78 Å².